The van der Waals surface area contributed by atoms with E-state index in [1.807, 2.05) is 48.7 Å². The standard InChI is InChI=1S/C23H23NO3/c1-15(23(26)18-10-9-16-5-4-6-17(16)13-18)27-22(25)12-11-19-14-24-21-8-3-2-7-20(19)21/h2-3,7-10,13-15,24H,4-6,11-12H2,1H3/t15-/m0/s1. The van der Waals surface area contributed by atoms with Gasteiger partial charge in [0, 0.05) is 29.1 Å². The van der Waals surface area contributed by atoms with Crippen LogP contribution in [0.15, 0.2) is 48.7 Å². The van der Waals surface area contributed by atoms with Crippen LogP contribution in [-0.4, -0.2) is 22.8 Å². The molecular weight excluding hydrogens is 338 g/mol. The molecule has 2 aromatic carbocycles. The first kappa shape index (κ1) is 17.5. The second kappa shape index (κ2) is 7.39. The summed E-state index contributed by atoms with van der Waals surface area (Å²) in [5, 5.41) is 1.12. The molecule has 1 aromatic heterocycles. The van der Waals surface area contributed by atoms with Gasteiger partial charge in [0.05, 0.1) is 0 Å². The highest BCUT2D eigenvalue weighted by atomic mass is 16.5. The number of hydrogen-bond acceptors (Lipinski definition) is 3. The minimum atomic E-state index is -0.764. The Kier molecular flexibility index (Phi) is 4.80. The number of carbonyl (C=O) groups is 2. The number of hydrogen-bond donors (Lipinski definition) is 1. The van der Waals surface area contributed by atoms with Crippen molar-refractivity contribution in [3.63, 3.8) is 0 Å². The molecule has 0 saturated heterocycles. The Morgan fingerprint density at radius 3 is 2.81 bits per heavy atom. The quantitative estimate of drug-likeness (QED) is 0.523. The average molecular weight is 361 g/mol. The predicted molar refractivity (Wildman–Crippen MR) is 105 cm³/mol. The first-order chi connectivity index (χ1) is 13.1. The molecule has 0 radical (unpaired) electrons. The normalized spacial score (nSPS) is 14.1. The summed E-state index contributed by atoms with van der Waals surface area (Å²) in [6.45, 7) is 1.65. The van der Waals surface area contributed by atoms with Gasteiger partial charge in [-0.1, -0.05) is 30.3 Å². The lowest BCUT2D eigenvalue weighted by atomic mass is 10.0. The Balaban J connectivity index is 1.35. The number of para-hydroxylation sites is 1. The number of benzene rings is 2. The molecule has 0 amide bonds. The van der Waals surface area contributed by atoms with Crippen LogP contribution >= 0.6 is 0 Å². The molecule has 4 heteroatoms. The van der Waals surface area contributed by atoms with Crippen molar-refractivity contribution in [3.05, 3.63) is 70.9 Å². The zero-order valence-electron chi connectivity index (χ0n) is 15.5. The topological polar surface area (TPSA) is 59.2 Å². The van der Waals surface area contributed by atoms with Crippen LogP contribution in [0.4, 0.5) is 0 Å². The van der Waals surface area contributed by atoms with E-state index in [0.717, 1.165) is 35.7 Å². The van der Waals surface area contributed by atoms with Crippen LogP contribution in [-0.2, 0) is 28.8 Å². The highest BCUT2D eigenvalue weighted by Gasteiger charge is 2.21. The Bertz CT molecular complexity index is 1000. The molecule has 1 heterocycles. The summed E-state index contributed by atoms with van der Waals surface area (Å²) >= 11 is 0. The van der Waals surface area contributed by atoms with Crippen molar-refractivity contribution >= 4 is 22.7 Å². The summed E-state index contributed by atoms with van der Waals surface area (Å²) in [5.41, 5.74) is 5.35. The van der Waals surface area contributed by atoms with Crippen LogP contribution in [0.2, 0.25) is 0 Å². The number of aromatic nitrogens is 1. The highest BCUT2D eigenvalue weighted by molar-refractivity contribution is 6.00. The van der Waals surface area contributed by atoms with E-state index in [9.17, 15) is 9.59 Å². The number of nitrogens with one attached hydrogen (secondary N) is 1. The number of H-pyrrole nitrogens is 1. The van der Waals surface area contributed by atoms with E-state index >= 15 is 0 Å². The van der Waals surface area contributed by atoms with E-state index in [1.54, 1.807) is 6.92 Å². The molecule has 1 atom stereocenters. The number of Topliss-reactive ketones (excluding diaryl/α,β-unsaturated/α-hetero) is 1. The van der Waals surface area contributed by atoms with Gasteiger partial charge in [-0.15, -0.1) is 0 Å². The molecule has 4 rings (SSSR count). The van der Waals surface area contributed by atoms with E-state index in [1.165, 1.54) is 11.1 Å². The number of fused-ring (bicyclic) bond motifs is 2. The minimum absolute atomic E-state index is 0.134. The van der Waals surface area contributed by atoms with Crippen molar-refractivity contribution in [1.82, 2.24) is 4.98 Å². The van der Waals surface area contributed by atoms with Gasteiger partial charge in [-0.05, 0) is 61.4 Å². The number of ketones is 1. The lowest BCUT2D eigenvalue weighted by Gasteiger charge is -2.13. The van der Waals surface area contributed by atoms with Crippen LogP contribution in [0.1, 0.15) is 46.8 Å². The molecule has 27 heavy (non-hydrogen) atoms. The number of carbonyl (C=O) groups excluding carboxylic acids is 2. The number of rotatable bonds is 6. The second-order valence-corrected chi connectivity index (χ2v) is 7.19. The van der Waals surface area contributed by atoms with Gasteiger partial charge in [-0.3, -0.25) is 9.59 Å². The third-order valence-electron chi connectivity index (χ3n) is 5.33. The smallest absolute Gasteiger partial charge is 0.306 e. The summed E-state index contributed by atoms with van der Waals surface area (Å²) in [7, 11) is 0. The molecule has 1 N–H and O–H groups in total. The van der Waals surface area contributed by atoms with Gasteiger partial charge in [0.15, 0.2) is 6.10 Å². The van der Waals surface area contributed by atoms with E-state index in [2.05, 4.69) is 4.98 Å². The number of aryl methyl sites for hydroxylation is 3. The summed E-state index contributed by atoms with van der Waals surface area (Å²) in [4.78, 5) is 28.0. The number of aromatic amines is 1. The lowest BCUT2D eigenvalue weighted by molar-refractivity contribution is -0.146. The van der Waals surface area contributed by atoms with Crippen LogP contribution in [0.25, 0.3) is 10.9 Å². The van der Waals surface area contributed by atoms with Crippen LogP contribution in [0, 0.1) is 0 Å². The van der Waals surface area contributed by atoms with Crippen molar-refractivity contribution in [2.75, 3.05) is 0 Å². The number of ether oxygens (including phenoxy) is 1. The molecule has 1 aliphatic carbocycles. The molecule has 0 spiro atoms. The molecule has 0 bridgehead atoms. The van der Waals surface area contributed by atoms with Crippen molar-refractivity contribution in [3.8, 4) is 0 Å². The molecule has 1 aliphatic rings. The largest absolute Gasteiger partial charge is 0.454 e. The molecular formula is C23H23NO3. The Hall–Kier alpha value is -2.88. The fourth-order valence-electron chi connectivity index (χ4n) is 3.84. The molecule has 0 saturated carbocycles. The van der Waals surface area contributed by atoms with E-state index in [-0.39, 0.29) is 18.2 Å². The Labute approximate surface area is 158 Å². The van der Waals surface area contributed by atoms with Gasteiger partial charge in [0.1, 0.15) is 0 Å². The van der Waals surface area contributed by atoms with Crippen LogP contribution in [0.5, 0.6) is 0 Å². The molecule has 3 aromatic rings. The van der Waals surface area contributed by atoms with Gasteiger partial charge in [0.25, 0.3) is 0 Å². The van der Waals surface area contributed by atoms with Gasteiger partial charge in [0.2, 0.25) is 5.78 Å². The lowest BCUT2D eigenvalue weighted by Crippen LogP contribution is -2.24. The SMILES string of the molecule is C[C@H](OC(=O)CCc1c[nH]c2ccccc12)C(=O)c1ccc2c(c1)CCC2. The molecule has 4 nitrogen and oxygen atoms in total. The predicted octanol–water partition coefficient (Wildman–Crippen LogP) is 4.40. The van der Waals surface area contributed by atoms with Crippen molar-refractivity contribution in [2.24, 2.45) is 0 Å². The maximum absolute atomic E-state index is 12.6. The van der Waals surface area contributed by atoms with Gasteiger partial charge < -0.3 is 9.72 Å². The fourth-order valence-corrected chi connectivity index (χ4v) is 3.84. The van der Waals surface area contributed by atoms with E-state index in [4.69, 9.17) is 4.74 Å². The third-order valence-corrected chi connectivity index (χ3v) is 5.33. The monoisotopic (exact) mass is 361 g/mol. The maximum Gasteiger partial charge on any atom is 0.306 e. The van der Waals surface area contributed by atoms with Crippen LogP contribution < -0.4 is 0 Å². The Morgan fingerprint density at radius 2 is 1.93 bits per heavy atom. The third kappa shape index (κ3) is 3.65. The van der Waals surface area contributed by atoms with E-state index < -0.39 is 6.10 Å². The van der Waals surface area contributed by atoms with Gasteiger partial charge in [-0.25, -0.2) is 0 Å². The first-order valence-electron chi connectivity index (χ1n) is 9.52. The summed E-state index contributed by atoms with van der Waals surface area (Å²) in [6.07, 6.45) is 5.26. The summed E-state index contributed by atoms with van der Waals surface area (Å²) < 4.78 is 5.40. The highest BCUT2D eigenvalue weighted by Crippen LogP contribution is 2.24. The first-order valence-corrected chi connectivity index (χ1v) is 9.52. The Morgan fingerprint density at radius 1 is 1.11 bits per heavy atom. The van der Waals surface area contributed by atoms with E-state index in [0.29, 0.717) is 12.0 Å². The summed E-state index contributed by atoms with van der Waals surface area (Å²) in [6, 6.07) is 13.8. The van der Waals surface area contributed by atoms with Crippen LogP contribution in [0.3, 0.4) is 0 Å². The van der Waals surface area contributed by atoms with Gasteiger partial charge >= 0.3 is 5.97 Å². The fraction of sp³-hybridized carbons (Fsp3) is 0.304. The molecule has 138 valence electrons. The van der Waals surface area contributed by atoms with Crippen molar-refractivity contribution in [1.29, 1.82) is 0 Å². The molecule has 0 unspecified atom stereocenters. The average Bonchev–Trinajstić information content (AvgIpc) is 3.31. The maximum atomic E-state index is 12.6. The minimum Gasteiger partial charge on any atom is -0.454 e. The second-order valence-electron chi connectivity index (χ2n) is 7.19. The zero-order chi connectivity index (χ0) is 18.8. The molecule has 0 aliphatic heterocycles. The zero-order valence-corrected chi connectivity index (χ0v) is 15.5. The van der Waals surface area contributed by atoms with Crippen molar-refractivity contribution in [2.45, 2.75) is 45.1 Å². The van der Waals surface area contributed by atoms with Gasteiger partial charge in [-0.2, -0.15) is 0 Å². The van der Waals surface area contributed by atoms with Crippen molar-refractivity contribution < 1.29 is 14.3 Å². The number of esters is 1. The molecule has 0 fully saturated rings. The summed E-state index contributed by atoms with van der Waals surface area (Å²) in [5.74, 6) is -0.479.